The summed E-state index contributed by atoms with van der Waals surface area (Å²) >= 11 is 14.2. The first kappa shape index (κ1) is 14.2. The van der Waals surface area contributed by atoms with Gasteiger partial charge in [-0.05, 0) is 47.1 Å². The van der Waals surface area contributed by atoms with Gasteiger partial charge in [0.25, 0.3) is 0 Å². The molecule has 1 heterocycles. The summed E-state index contributed by atoms with van der Waals surface area (Å²) in [6.07, 6.45) is 0. The van der Waals surface area contributed by atoms with Crippen molar-refractivity contribution in [1.29, 1.82) is 0 Å². The van der Waals surface area contributed by atoms with Crippen LogP contribution in [0.4, 0.5) is 0 Å². The van der Waals surface area contributed by atoms with E-state index in [1.54, 1.807) is 24.3 Å². The van der Waals surface area contributed by atoms with Gasteiger partial charge in [-0.3, -0.25) is 0 Å². The highest BCUT2D eigenvalue weighted by Crippen LogP contribution is 2.31. The number of pyridine rings is 1. The van der Waals surface area contributed by atoms with Crippen LogP contribution < -0.4 is 10.5 Å². The van der Waals surface area contributed by atoms with E-state index in [2.05, 4.69) is 20.9 Å². The average Bonchev–Trinajstić information content (AvgIpc) is 2.32. The highest BCUT2D eigenvalue weighted by atomic mass is 79.9. The van der Waals surface area contributed by atoms with Gasteiger partial charge in [-0.25, -0.2) is 4.98 Å². The van der Waals surface area contributed by atoms with E-state index < -0.39 is 0 Å². The Labute approximate surface area is 129 Å². The third-order valence-corrected chi connectivity index (χ3v) is 3.41. The minimum Gasteiger partial charge on any atom is -0.438 e. The van der Waals surface area contributed by atoms with Gasteiger partial charge in [0.15, 0.2) is 0 Å². The van der Waals surface area contributed by atoms with Crippen molar-refractivity contribution in [2.24, 2.45) is 5.73 Å². The van der Waals surface area contributed by atoms with Crippen molar-refractivity contribution in [2.75, 3.05) is 0 Å². The molecule has 0 aliphatic carbocycles. The Bertz CT molecular complexity index is 649. The number of rotatable bonds is 3. The molecule has 1 aromatic carbocycles. The van der Waals surface area contributed by atoms with Crippen molar-refractivity contribution in [2.45, 2.75) is 6.92 Å². The number of aromatic nitrogens is 1. The lowest BCUT2D eigenvalue weighted by molar-refractivity contribution is 0.459. The monoisotopic (exact) mass is 356 g/mol. The molecular weight excluding hydrogens is 348 g/mol. The second-order valence-electron chi connectivity index (χ2n) is 3.88. The van der Waals surface area contributed by atoms with Crippen LogP contribution in [0.25, 0.3) is 0 Å². The van der Waals surface area contributed by atoms with Gasteiger partial charge in [0.2, 0.25) is 5.88 Å². The fourth-order valence-electron chi connectivity index (χ4n) is 1.50. The normalized spacial score (nSPS) is 10.3. The molecule has 0 atom stereocenters. The van der Waals surface area contributed by atoms with Crippen molar-refractivity contribution >= 4 is 44.7 Å². The van der Waals surface area contributed by atoms with E-state index in [1.165, 1.54) is 0 Å². The van der Waals surface area contributed by atoms with E-state index in [4.69, 9.17) is 34.3 Å². The topological polar surface area (TPSA) is 48.1 Å². The summed E-state index contributed by atoms with van der Waals surface area (Å²) in [6, 6.07) is 8.77. The van der Waals surface area contributed by atoms with E-state index in [-0.39, 0.29) is 0 Å². The molecule has 0 radical (unpaired) electrons. The van der Waals surface area contributed by atoms with Crippen LogP contribution in [0.1, 0.15) is 11.3 Å². The van der Waals surface area contributed by atoms with Crippen molar-refractivity contribution in [3.63, 3.8) is 0 Å². The SMILES string of the molecule is Cc1cc(C(N)=S)cc(Oc2ccc(Cl)cc2Br)n1. The Morgan fingerprint density at radius 2 is 2.11 bits per heavy atom. The van der Waals surface area contributed by atoms with E-state index in [1.807, 2.05) is 13.0 Å². The summed E-state index contributed by atoms with van der Waals surface area (Å²) in [6.45, 7) is 1.85. The number of nitrogens with zero attached hydrogens (tertiary/aromatic N) is 1. The minimum absolute atomic E-state index is 0.311. The first-order chi connectivity index (χ1) is 8.95. The molecule has 0 spiro atoms. The summed E-state index contributed by atoms with van der Waals surface area (Å²) in [5.41, 5.74) is 7.12. The number of aryl methyl sites for hydroxylation is 1. The molecule has 0 amide bonds. The van der Waals surface area contributed by atoms with Crippen molar-refractivity contribution in [3.8, 4) is 11.6 Å². The summed E-state index contributed by atoms with van der Waals surface area (Å²) in [7, 11) is 0. The van der Waals surface area contributed by atoms with Gasteiger partial charge in [-0.15, -0.1) is 0 Å². The second kappa shape index (κ2) is 5.86. The lowest BCUT2D eigenvalue weighted by atomic mass is 10.2. The molecule has 0 bridgehead atoms. The number of ether oxygens (including phenoxy) is 1. The Hall–Kier alpha value is -1.17. The van der Waals surface area contributed by atoms with E-state index >= 15 is 0 Å². The predicted octanol–water partition coefficient (Wildman–Crippen LogP) is 4.23. The zero-order valence-corrected chi connectivity index (χ0v) is 13.1. The van der Waals surface area contributed by atoms with Crippen LogP contribution in [0, 0.1) is 6.92 Å². The van der Waals surface area contributed by atoms with Gasteiger partial charge in [0.05, 0.1) is 4.47 Å². The third-order valence-electron chi connectivity index (χ3n) is 2.32. The standard InChI is InChI=1S/C13H10BrClN2OS/c1-7-4-8(13(16)19)5-12(17-7)18-11-3-2-9(15)6-10(11)14/h2-6H,1H3,(H2,16,19). The largest absolute Gasteiger partial charge is 0.438 e. The molecule has 2 aromatic rings. The second-order valence-corrected chi connectivity index (χ2v) is 5.61. The van der Waals surface area contributed by atoms with Crippen molar-refractivity contribution in [3.05, 3.63) is 51.1 Å². The molecule has 3 nitrogen and oxygen atoms in total. The van der Waals surface area contributed by atoms with E-state index in [0.717, 1.165) is 15.7 Å². The van der Waals surface area contributed by atoms with Gasteiger partial charge >= 0.3 is 0 Å². The molecule has 0 unspecified atom stereocenters. The highest BCUT2D eigenvalue weighted by molar-refractivity contribution is 9.10. The number of nitrogens with two attached hydrogens (primary N) is 1. The molecule has 2 N–H and O–H groups in total. The molecule has 1 aromatic heterocycles. The summed E-state index contributed by atoms with van der Waals surface area (Å²) < 4.78 is 6.45. The number of benzene rings is 1. The summed E-state index contributed by atoms with van der Waals surface area (Å²) in [5, 5.41) is 0.625. The van der Waals surface area contributed by atoms with Gasteiger partial charge in [0, 0.05) is 22.3 Å². The Balaban J connectivity index is 2.35. The number of halogens is 2. The lowest BCUT2D eigenvalue weighted by Gasteiger charge is -2.09. The Morgan fingerprint density at radius 1 is 1.37 bits per heavy atom. The fraction of sp³-hybridized carbons (Fsp3) is 0.0769. The van der Waals surface area contributed by atoms with Gasteiger partial charge < -0.3 is 10.5 Å². The highest BCUT2D eigenvalue weighted by Gasteiger charge is 2.07. The van der Waals surface area contributed by atoms with Crippen LogP contribution in [0.2, 0.25) is 5.02 Å². The Kier molecular flexibility index (Phi) is 4.39. The van der Waals surface area contributed by atoms with Crippen LogP contribution in [0.5, 0.6) is 11.6 Å². The fourth-order valence-corrected chi connectivity index (χ4v) is 2.38. The third kappa shape index (κ3) is 3.65. The molecule has 2 rings (SSSR count). The summed E-state index contributed by atoms with van der Waals surface area (Å²) in [5.74, 6) is 1.06. The zero-order valence-electron chi connectivity index (χ0n) is 9.98. The van der Waals surface area contributed by atoms with Crippen LogP contribution in [-0.4, -0.2) is 9.97 Å². The first-order valence-corrected chi connectivity index (χ1v) is 6.95. The maximum atomic E-state index is 5.88. The molecule has 0 saturated heterocycles. The van der Waals surface area contributed by atoms with Crippen LogP contribution in [0.15, 0.2) is 34.8 Å². The average molecular weight is 358 g/mol. The number of hydrogen-bond acceptors (Lipinski definition) is 3. The molecule has 0 aliphatic heterocycles. The van der Waals surface area contributed by atoms with E-state index in [9.17, 15) is 0 Å². The quantitative estimate of drug-likeness (QED) is 0.835. The summed E-state index contributed by atoms with van der Waals surface area (Å²) in [4.78, 5) is 4.59. The molecule has 6 heteroatoms. The molecule has 0 saturated carbocycles. The molecule has 19 heavy (non-hydrogen) atoms. The van der Waals surface area contributed by atoms with Crippen LogP contribution >= 0.6 is 39.7 Å². The van der Waals surface area contributed by atoms with E-state index in [0.29, 0.717) is 21.6 Å². The molecule has 98 valence electrons. The van der Waals surface area contributed by atoms with Gasteiger partial charge in [0.1, 0.15) is 10.7 Å². The maximum Gasteiger partial charge on any atom is 0.220 e. The number of thiocarbonyl (C=S) groups is 1. The molecular formula is C13H10BrClN2OS. The predicted molar refractivity (Wildman–Crippen MR) is 84.1 cm³/mol. The van der Waals surface area contributed by atoms with Crippen LogP contribution in [0.3, 0.4) is 0 Å². The Morgan fingerprint density at radius 3 is 2.74 bits per heavy atom. The van der Waals surface area contributed by atoms with Crippen LogP contribution in [-0.2, 0) is 0 Å². The van der Waals surface area contributed by atoms with Crippen molar-refractivity contribution < 1.29 is 4.74 Å². The van der Waals surface area contributed by atoms with Crippen molar-refractivity contribution in [1.82, 2.24) is 4.98 Å². The van der Waals surface area contributed by atoms with Gasteiger partial charge in [-0.1, -0.05) is 23.8 Å². The molecule has 0 aliphatic rings. The minimum atomic E-state index is 0.311. The lowest BCUT2D eigenvalue weighted by Crippen LogP contribution is -2.10. The smallest absolute Gasteiger partial charge is 0.220 e. The first-order valence-electron chi connectivity index (χ1n) is 5.37. The maximum absolute atomic E-state index is 5.88. The zero-order chi connectivity index (χ0) is 14.0. The number of hydrogen-bond donors (Lipinski definition) is 1. The molecule has 0 fully saturated rings. The van der Waals surface area contributed by atoms with Gasteiger partial charge in [-0.2, -0.15) is 0 Å².